The molecule has 0 aliphatic heterocycles. The van der Waals surface area contributed by atoms with Crippen LogP contribution in [0.1, 0.15) is 46.0 Å². The Kier molecular flexibility index (Phi) is 7.18. The van der Waals surface area contributed by atoms with Crippen LogP contribution in [0.2, 0.25) is 0 Å². The molecule has 3 N–H and O–H groups in total. The minimum absolute atomic E-state index is 0.00260. The maximum Gasteiger partial charge on any atom is 0.243 e. The van der Waals surface area contributed by atoms with Gasteiger partial charge in [0.05, 0.1) is 12.7 Å². The van der Waals surface area contributed by atoms with Crippen LogP contribution in [0.3, 0.4) is 0 Å². The molecular formula is C13H26N4O2S. The molecule has 1 unspecified atom stereocenters. The topological polar surface area (TPSA) is 90.0 Å². The van der Waals surface area contributed by atoms with E-state index in [1.54, 1.807) is 4.68 Å². The van der Waals surface area contributed by atoms with Crippen molar-refractivity contribution in [2.24, 2.45) is 5.73 Å². The van der Waals surface area contributed by atoms with Crippen molar-refractivity contribution in [3.63, 3.8) is 0 Å². The van der Waals surface area contributed by atoms with E-state index in [4.69, 9.17) is 5.73 Å². The third-order valence-electron chi connectivity index (χ3n) is 3.14. The third-order valence-corrected chi connectivity index (χ3v) is 4.62. The van der Waals surface area contributed by atoms with Gasteiger partial charge in [-0.05, 0) is 12.8 Å². The van der Waals surface area contributed by atoms with E-state index in [0.717, 1.165) is 32.1 Å². The van der Waals surface area contributed by atoms with Gasteiger partial charge < -0.3 is 5.73 Å². The van der Waals surface area contributed by atoms with E-state index in [2.05, 4.69) is 23.7 Å². The number of unbranched alkanes of at least 4 members (excludes halogenated alkanes) is 1. The molecule has 0 amide bonds. The fourth-order valence-electron chi connectivity index (χ4n) is 2.09. The number of nitrogens with zero attached hydrogens (tertiary/aromatic N) is 2. The van der Waals surface area contributed by atoms with Gasteiger partial charge in [0.1, 0.15) is 4.90 Å². The lowest BCUT2D eigenvalue weighted by Gasteiger charge is -2.17. The number of hydrogen-bond acceptors (Lipinski definition) is 4. The molecule has 1 rings (SSSR count). The first-order chi connectivity index (χ1) is 9.53. The minimum Gasteiger partial charge on any atom is -0.329 e. The lowest BCUT2D eigenvalue weighted by Crippen LogP contribution is -2.34. The van der Waals surface area contributed by atoms with Gasteiger partial charge in [-0.15, -0.1) is 0 Å². The highest BCUT2D eigenvalue weighted by molar-refractivity contribution is 7.89. The molecule has 0 aliphatic rings. The molecule has 1 heterocycles. The fourth-order valence-corrected chi connectivity index (χ4v) is 3.34. The van der Waals surface area contributed by atoms with E-state index in [9.17, 15) is 8.42 Å². The van der Waals surface area contributed by atoms with Crippen LogP contribution >= 0.6 is 0 Å². The number of aromatic nitrogens is 2. The van der Waals surface area contributed by atoms with Crippen LogP contribution in [0.25, 0.3) is 0 Å². The van der Waals surface area contributed by atoms with Crippen LogP contribution in [0.15, 0.2) is 17.3 Å². The number of sulfonamides is 1. The van der Waals surface area contributed by atoms with E-state index < -0.39 is 10.0 Å². The van der Waals surface area contributed by atoms with Crippen molar-refractivity contribution < 1.29 is 8.42 Å². The van der Waals surface area contributed by atoms with Crippen LogP contribution in [-0.4, -0.2) is 30.8 Å². The highest BCUT2D eigenvalue weighted by atomic mass is 32.2. The van der Waals surface area contributed by atoms with Crippen molar-refractivity contribution in [3.8, 4) is 0 Å². The fraction of sp³-hybridized carbons (Fsp3) is 0.769. The van der Waals surface area contributed by atoms with E-state index in [1.807, 2.05) is 0 Å². The molecule has 0 aliphatic carbocycles. The normalized spacial score (nSPS) is 13.6. The lowest BCUT2D eigenvalue weighted by molar-refractivity contribution is 0.483. The molecule has 0 fully saturated rings. The number of nitrogens with two attached hydrogens (primary N) is 1. The summed E-state index contributed by atoms with van der Waals surface area (Å²) in [5.74, 6) is 0. The van der Waals surface area contributed by atoms with Crippen LogP contribution < -0.4 is 10.5 Å². The van der Waals surface area contributed by atoms with Crippen molar-refractivity contribution in [2.45, 2.75) is 63.4 Å². The number of hydrogen-bond donors (Lipinski definition) is 2. The van der Waals surface area contributed by atoms with Crippen molar-refractivity contribution in [1.82, 2.24) is 14.5 Å². The largest absolute Gasteiger partial charge is 0.329 e. The first kappa shape index (κ1) is 17.1. The quantitative estimate of drug-likeness (QED) is 0.685. The van der Waals surface area contributed by atoms with Crippen LogP contribution in [0.4, 0.5) is 0 Å². The van der Waals surface area contributed by atoms with Crippen molar-refractivity contribution in [2.75, 3.05) is 6.54 Å². The Balaban J connectivity index is 2.74. The Morgan fingerprint density at radius 3 is 2.70 bits per heavy atom. The predicted octanol–water partition coefficient (Wildman–Crippen LogP) is 1.48. The number of rotatable bonds is 10. The molecule has 0 spiro atoms. The first-order valence-electron chi connectivity index (χ1n) is 7.28. The van der Waals surface area contributed by atoms with Crippen LogP contribution in [-0.2, 0) is 16.6 Å². The second kappa shape index (κ2) is 8.39. The Morgan fingerprint density at radius 2 is 2.10 bits per heavy atom. The van der Waals surface area contributed by atoms with Gasteiger partial charge in [-0.1, -0.05) is 33.1 Å². The van der Waals surface area contributed by atoms with Crippen molar-refractivity contribution in [3.05, 3.63) is 12.4 Å². The third kappa shape index (κ3) is 5.22. The molecule has 0 aromatic carbocycles. The highest BCUT2D eigenvalue weighted by Gasteiger charge is 2.20. The maximum atomic E-state index is 12.3. The van der Waals surface area contributed by atoms with Gasteiger partial charge in [0.15, 0.2) is 0 Å². The average molecular weight is 302 g/mol. The average Bonchev–Trinajstić information content (AvgIpc) is 2.86. The molecule has 0 saturated carbocycles. The summed E-state index contributed by atoms with van der Waals surface area (Å²) in [6.45, 7) is 5.12. The molecule has 6 nitrogen and oxygen atoms in total. The maximum absolute atomic E-state index is 12.3. The van der Waals surface area contributed by atoms with Gasteiger partial charge in [-0.25, -0.2) is 13.1 Å². The minimum atomic E-state index is -3.48. The van der Waals surface area contributed by atoms with Gasteiger partial charge >= 0.3 is 0 Å². The molecule has 0 saturated heterocycles. The molecule has 7 heteroatoms. The van der Waals surface area contributed by atoms with Gasteiger partial charge in [0.25, 0.3) is 0 Å². The summed E-state index contributed by atoms with van der Waals surface area (Å²) in [6, 6.07) is 0.00260. The summed E-state index contributed by atoms with van der Waals surface area (Å²) in [6.07, 6.45) is 7.69. The molecule has 1 aromatic heterocycles. The summed E-state index contributed by atoms with van der Waals surface area (Å²) >= 11 is 0. The number of nitrogens with one attached hydrogen (secondary N) is 1. The molecule has 20 heavy (non-hydrogen) atoms. The van der Waals surface area contributed by atoms with Gasteiger partial charge in [-0.2, -0.15) is 5.10 Å². The Labute approximate surface area is 121 Å². The second-order valence-electron chi connectivity index (χ2n) is 4.98. The van der Waals surface area contributed by atoms with Gasteiger partial charge in [0.2, 0.25) is 10.0 Å². The zero-order valence-corrected chi connectivity index (χ0v) is 13.2. The molecule has 0 bridgehead atoms. The molecule has 116 valence electrons. The Morgan fingerprint density at radius 1 is 1.35 bits per heavy atom. The predicted molar refractivity (Wildman–Crippen MR) is 79.8 cm³/mol. The van der Waals surface area contributed by atoms with E-state index in [0.29, 0.717) is 13.1 Å². The van der Waals surface area contributed by atoms with E-state index in [-0.39, 0.29) is 10.9 Å². The summed E-state index contributed by atoms with van der Waals surface area (Å²) in [5.41, 5.74) is 5.43. The summed E-state index contributed by atoms with van der Waals surface area (Å²) in [7, 11) is -3.48. The Bertz CT molecular complexity index is 484. The lowest BCUT2D eigenvalue weighted by atomic mass is 10.1. The smallest absolute Gasteiger partial charge is 0.243 e. The molecular weight excluding hydrogens is 276 g/mol. The Hall–Kier alpha value is -0.920. The summed E-state index contributed by atoms with van der Waals surface area (Å²) < 4.78 is 28.9. The molecule has 0 radical (unpaired) electrons. The summed E-state index contributed by atoms with van der Waals surface area (Å²) in [4.78, 5) is 0.212. The van der Waals surface area contributed by atoms with E-state index >= 15 is 0 Å². The van der Waals surface area contributed by atoms with Gasteiger partial charge in [0, 0.05) is 18.8 Å². The zero-order valence-electron chi connectivity index (χ0n) is 12.4. The van der Waals surface area contributed by atoms with E-state index in [1.165, 1.54) is 12.4 Å². The van der Waals surface area contributed by atoms with Crippen LogP contribution in [0.5, 0.6) is 0 Å². The monoisotopic (exact) mass is 302 g/mol. The van der Waals surface area contributed by atoms with Crippen molar-refractivity contribution >= 4 is 10.0 Å². The van der Waals surface area contributed by atoms with Gasteiger partial charge in [-0.3, -0.25) is 4.68 Å². The van der Waals surface area contributed by atoms with Crippen LogP contribution in [0, 0.1) is 0 Å². The van der Waals surface area contributed by atoms with Crippen molar-refractivity contribution in [1.29, 1.82) is 0 Å². The second-order valence-corrected chi connectivity index (χ2v) is 6.69. The molecule has 1 atom stereocenters. The summed E-state index contributed by atoms with van der Waals surface area (Å²) in [5, 5.41) is 4.01. The zero-order chi connectivity index (χ0) is 15.0. The standard InChI is InChI=1S/C13H26N4O2S/c1-3-5-7-12(6-4-2)16-20(18,19)13-10-15-17(11-13)9-8-14/h10-12,16H,3-9,14H2,1-2H3. The first-order valence-corrected chi connectivity index (χ1v) is 8.76. The highest BCUT2D eigenvalue weighted by Crippen LogP contribution is 2.13. The SMILES string of the molecule is CCCCC(CCC)NS(=O)(=O)c1cnn(CCN)c1. The molecule has 1 aromatic rings.